The molecule has 0 radical (unpaired) electrons. The van der Waals surface area contributed by atoms with Gasteiger partial charge in [0.1, 0.15) is 6.33 Å². The molecule has 5 aromatic rings. The number of carboxylic acid groups (broad SMARTS) is 1. The maximum atomic E-state index is 13.2. The van der Waals surface area contributed by atoms with Gasteiger partial charge in [-0.1, -0.05) is 23.7 Å². The summed E-state index contributed by atoms with van der Waals surface area (Å²) in [6, 6.07) is 12.4. The number of hydrogen-bond donors (Lipinski definition) is 4. The zero-order valence-corrected chi connectivity index (χ0v) is 24.3. The number of aryl methyl sites for hydroxylation is 2. The van der Waals surface area contributed by atoms with Crippen LogP contribution in [0.15, 0.2) is 65.7 Å². The third-order valence-electron chi connectivity index (χ3n) is 6.40. The SMILES string of the molecule is Cc1nc(CC(NC(=O)C=Cc2cc(Cl)ccc2-n2cnnn2)c2cc(-c3ccc(NC(=O)O)cc3)c(=O)[nH]n2)sc1C. The Bertz CT molecular complexity index is 1850. The maximum absolute atomic E-state index is 13.2. The first-order valence-electron chi connectivity index (χ1n) is 12.8. The minimum Gasteiger partial charge on any atom is -0.465 e. The summed E-state index contributed by atoms with van der Waals surface area (Å²) < 4.78 is 1.46. The van der Waals surface area contributed by atoms with Crippen molar-refractivity contribution < 1.29 is 14.7 Å². The Hall–Kier alpha value is -5.21. The summed E-state index contributed by atoms with van der Waals surface area (Å²) >= 11 is 7.72. The number of nitrogens with one attached hydrogen (secondary N) is 3. The highest BCUT2D eigenvalue weighted by Gasteiger charge is 2.21. The predicted molar refractivity (Wildman–Crippen MR) is 161 cm³/mol. The van der Waals surface area contributed by atoms with Crippen LogP contribution >= 0.6 is 22.9 Å². The van der Waals surface area contributed by atoms with Gasteiger partial charge in [-0.15, -0.1) is 16.4 Å². The zero-order chi connectivity index (χ0) is 30.5. The second kappa shape index (κ2) is 12.8. The molecule has 13 nitrogen and oxygen atoms in total. The Morgan fingerprint density at radius 1 is 1.16 bits per heavy atom. The number of benzene rings is 2. The van der Waals surface area contributed by atoms with E-state index in [0.29, 0.717) is 45.2 Å². The van der Waals surface area contributed by atoms with Gasteiger partial charge in [-0.05, 0) is 72.3 Å². The number of halogens is 1. The zero-order valence-electron chi connectivity index (χ0n) is 22.8. The normalized spacial score (nSPS) is 11.9. The molecule has 0 aliphatic rings. The summed E-state index contributed by atoms with van der Waals surface area (Å²) in [6.45, 7) is 3.89. The van der Waals surface area contributed by atoms with E-state index in [1.54, 1.807) is 54.6 Å². The van der Waals surface area contributed by atoms with Crippen molar-refractivity contribution in [1.29, 1.82) is 0 Å². The van der Waals surface area contributed by atoms with E-state index in [4.69, 9.17) is 16.7 Å². The van der Waals surface area contributed by atoms with Gasteiger partial charge >= 0.3 is 6.09 Å². The number of nitrogens with zero attached hydrogens (tertiary/aromatic N) is 6. The standard InChI is InChI=1S/C28H24ClN9O4S/c1-15-16(2)43-26(31-15)13-22(23-12-21(27(40)35-34-23)17-3-7-20(8-4-17)32-28(41)42)33-25(39)10-5-18-11-19(29)6-9-24(18)38-14-30-36-37-38/h3-12,14,22,32H,13H2,1-2H3,(H,33,39)(H,35,40)(H,41,42). The van der Waals surface area contributed by atoms with Gasteiger partial charge < -0.3 is 10.4 Å². The highest BCUT2D eigenvalue weighted by Crippen LogP contribution is 2.26. The van der Waals surface area contributed by atoms with E-state index in [2.05, 4.69) is 41.3 Å². The fourth-order valence-electron chi connectivity index (χ4n) is 4.23. The molecule has 0 spiro atoms. The fourth-order valence-corrected chi connectivity index (χ4v) is 5.39. The minimum absolute atomic E-state index is 0.304. The number of tetrazole rings is 1. The summed E-state index contributed by atoms with van der Waals surface area (Å²) in [5, 5.41) is 33.4. The summed E-state index contributed by atoms with van der Waals surface area (Å²) in [7, 11) is 0. The van der Waals surface area contributed by atoms with Gasteiger partial charge in [-0.2, -0.15) is 9.78 Å². The van der Waals surface area contributed by atoms with E-state index in [-0.39, 0.29) is 0 Å². The number of aromatic nitrogens is 7. The molecule has 0 aliphatic carbocycles. The lowest BCUT2D eigenvalue weighted by atomic mass is 10.0. The lowest BCUT2D eigenvalue weighted by Gasteiger charge is -2.17. The topological polar surface area (TPSA) is 181 Å². The molecule has 3 aromatic heterocycles. The molecule has 43 heavy (non-hydrogen) atoms. The van der Waals surface area contributed by atoms with Gasteiger partial charge in [0.2, 0.25) is 5.91 Å². The number of carbonyl (C=O) groups excluding carboxylic acids is 1. The van der Waals surface area contributed by atoms with Crippen LogP contribution in [-0.4, -0.2) is 52.5 Å². The van der Waals surface area contributed by atoms with E-state index in [1.807, 2.05) is 13.8 Å². The van der Waals surface area contributed by atoms with E-state index < -0.39 is 23.6 Å². The fraction of sp³-hybridized carbons (Fsp3) is 0.143. The summed E-state index contributed by atoms with van der Waals surface area (Å²) in [5.74, 6) is -0.420. The molecule has 1 unspecified atom stereocenters. The number of rotatable bonds is 9. The number of thiazole rings is 1. The van der Waals surface area contributed by atoms with Crippen molar-refractivity contribution in [3.63, 3.8) is 0 Å². The Morgan fingerprint density at radius 3 is 2.63 bits per heavy atom. The molecule has 2 aromatic carbocycles. The van der Waals surface area contributed by atoms with Crippen LogP contribution in [0.1, 0.15) is 32.9 Å². The first-order valence-corrected chi connectivity index (χ1v) is 14.0. The van der Waals surface area contributed by atoms with Crippen LogP contribution in [0.4, 0.5) is 10.5 Å². The maximum Gasteiger partial charge on any atom is 0.409 e. The van der Waals surface area contributed by atoms with Crippen LogP contribution < -0.4 is 16.2 Å². The monoisotopic (exact) mass is 617 g/mol. The van der Waals surface area contributed by atoms with Crippen LogP contribution in [0.5, 0.6) is 0 Å². The Balaban J connectivity index is 1.45. The molecule has 2 amide bonds. The van der Waals surface area contributed by atoms with E-state index in [1.165, 1.54) is 28.4 Å². The van der Waals surface area contributed by atoms with Crippen LogP contribution in [0.2, 0.25) is 5.02 Å². The highest BCUT2D eigenvalue weighted by atomic mass is 35.5. The van der Waals surface area contributed by atoms with Gasteiger partial charge in [0.15, 0.2) is 0 Å². The van der Waals surface area contributed by atoms with Gasteiger partial charge in [0.25, 0.3) is 5.56 Å². The molecule has 3 heterocycles. The van der Waals surface area contributed by atoms with Crippen LogP contribution in [-0.2, 0) is 11.2 Å². The van der Waals surface area contributed by atoms with Crippen molar-refractivity contribution in [2.75, 3.05) is 5.32 Å². The van der Waals surface area contributed by atoms with Gasteiger partial charge in [-0.3, -0.25) is 14.9 Å². The number of aromatic amines is 1. The van der Waals surface area contributed by atoms with E-state index >= 15 is 0 Å². The second-order valence-electron chi connectivity index (χ2n) is 9.35. The molecule has 5 rings (SSSR count). The third-order valence-corrected chi connectivity index (χ3v) is 7.73. The van der Waals surface area contributed by atoms with Crippen LogP contribution in [0.25, 0.3) is 22.9 Å². The number of amides is 2. The number of H-pyrrole nitrogens is 1. The number of carbonyl (C=O) groups is 2. The first kappa shape index (κ1) is 29.3. The molecule has 0 saturated heterocycles. The summed E-state index contributed by atoms with van der Waals surface area (Å²) in [4.78, 5) is 42.6. The number of hydrogen-bond acceptors (Lipinski definition) is 9. The smallest absolute Gasteiger partial charge is 0.409 e. The van der Waals surface area contributed by atoms with Gasteiger partial charge in [0.05, 0.1) is 33.7 Å². The van der Waals surface area contributed by atoms with Gasteiger partial charge in [0, 0.05) is 33.6 Å². The van der Waals surface area contributed by atoms with Crippen LogP contribution in [0.3, 0.4) is 0 Å². The summed E-state index contributed by atoms with van der Waals surface area (Å²) in [5.41, 5.74) is 3.31. The largest absolute Gasteiger partial charge is 0.465 e. The summed E-state index contributed by atoms with van der Waals surface area (Å²) in [6.07, 6.45) is 3.53. The first-order chi connectivity index (χ1) is 20.7. The third kappa shape index (κ3) is 7.17. The van der Waals surface area contributed by atoms with E-state index in [0.717, 1.165) is 15.6 Å². The highest BCUT2D eigenvalue weighted by molar-refractivity contribution is 7.11. The predicted octanol–water partition coefficient (Wildman–Crippen LogP) is 4.34. The van der Waals surface area contributed by atoms with Crippen molar-refractivity contribution >= 4 is 46.7 Å². The van der Waals surface area contributed by atoms with Crippen molar-refractivity contribution in [1.82, 2.24) is 40.7 Å². The quantitative estimate of drug-likeness (QED) is 0.175. The second-order valence-corrected chi connectivity index (χ2v) is 11.1. The molecule has 0 saturated carbocycles. The van der Waals surface area contributed by atoms with Gasteiger partial charge in [-0.25, -0.2) is 14.9 Å². The van der Waals surface area contributed by atoms with E-state index in [9.17, 15) is 14.4 Å². The molecule has 0 bridgehead atoms. The molecule has 218 valence electrons. The van der Waals surface area contributed by atoms with Crippen molar-refractivity contribution in [3.05, 3.63) is 103 Å². The van der Waals surface area contributed by atoms with Crippen LogP contribution in [0, 0.1) is 13.8 Å². The molecule has 1 atom stereocenters. The molecular formula is C28H24ClN9O4S. The van der Waals surface area contributed by atoms with Crippen molar-refractivity contribution in [2.24, 2.45) is 0 Å². The molecule has 0 fully saturated rings. The molecule has 0 aliphatic heterocycles. The average Bonchev–Trinajstić information content (AvgIpc) is 3.61. The Morgan fingerprint density at radius 2 is 1.95 bits per heavy atom. The lowest BCUT2D eigenvalue weighted by molar-refractivity contribution is -0.117. The number of anilines is 1. The lowest BCUT2D eigenvalue weighted by Crippen LogP contribution is -2.30. The molecule has 4 N–H and O–H groups in total. The minimum atomic E-state index is -1.20. The van der Waals surface area contributed by atoms with Crippen molar-refractivity contribution in [3.8, 4) is 16.8 Å². The Kier molecular flexibility index (Phi) is 8.69. The molecular weight excluding hydrogens is 594 g/mol. The molecule has 15 heteroatoms. The Labute approximate surface area is 253 Å². The van der Waals surface area contributed by atoms with Crippen molar-refractivity contribution in [2.45, 2.75) is 26.3 Å². The average molecular weight is 618 g/mol.